The first-order valence-corrected chi connectivity index (χ1v) is 8.79. The van der Waals surface area contributed by atoms with E-state index in [1.54, 1.807) is 13.2 Å². The number of benzene rings is 3. The molecule has 0 radical (unpaired) electrons. The fraction of sp³-hybridized carbons (Fsp3) is 0.0476. The van der Waals surface area contributed by atoms with Gasteiger partial charge >= 0.3 is 5.97 Å². The fourth-order valence-corrected chi connectivity index (χ4v) is 3.13. The molecule has 0 aromatic heterocycles. The van der Waals surface area contributed by atoms with Gasteiger partial charge in [0.1, 0.15) is 5.75 Å². The van der Waals surface area contributed by atoms with Gasteiger partial charge in [0.25, 0.3) is 0 Å². The monoisotopic (exact) mass is 407 g/mol. The van der Waals surface area contributed by atoms with Gasteiger partial charge in [0.2, 0.25) is 5.90 Å². The van der Waals surface area contributed by atoms with Crippen LogP contribution < -0.4 is 4.74 Å². The first kappa shape index (κ1) is 16.5. The third-order valence-electron chi connectivity index (χ3n) is 4.14. The van der Waals surface area contributed by atoms with E-state index in [-0.39, 0.29) is 5.70 Å². The van der Waals surface area contributed by atoms with Crippen molar-refractivity contribution >= 4 is 44.6 Å². The van der Waals surface area contributed by atoms with Crippen LogP contribution in [0.25, 0.3) is 16.8 Å². The number of hydrogen-bond acceptors (Lipinski definition) is 4. The molecule has 3 aromatic carbocycles. The number of fused-ring (bicyclic) bond motifs is 1. The summed E-state index contributed by atoms with van der Waals surface area (Å²) in [6.07, 6.45) is 1.72. The summed E-state index contributed by atoms with van der Waals surface area (Å²) in [7, 11) is 1.61. The van der Waals surface area contributed by atoms with Crippen molar-refractivity contribution in [3.05, 3.63) is 82.0 Å². The minimum absolute atomic E-state index is 0.248. The number of carbonyl (C=O) groups excluding carboxylic acids is 1. The van der Waals surface area contributed by atoms with Gasteiger partial charge < -0.3 is 9.47 Å². The second-order valence-corrected chi connectivity index (χ2v) is 6.66. The van der Waals surface area contributed by atoms with E-state index in [0.717, 1.165) is 26.4 Å². The second-order valence-electron chi connectivity index (χ2n) is 5.75. The van der Waals surface area contributed by atoms with Gasteiger partial charge in [0.15, 0.2) is 5.70 Å². The van der Waals surface area contributed by atoms with Gasteiger partial charge in [-0.1, -0.05) is 46.3 Å². The van der Waals surface area contributed by atoms with Gasteiger partial charge in [-0.05, 0) is 47.2 Å². The highest BCUT2D eigenvalue weighted by atomic mass is 79.9. The quantitative estimate of drug-likeness (QED) is 0.455. The molecule has 5 heteroatoms. The average Bonchev–Trinajstić information content (AvgIpc) is 3.03. The SMILES string of the molecule is COc1ccc2ccccc2c1/C=C1/N=C(c2ccc(Br)cc2)OC1=O. The molecule has 26 heavy (non-hydrogen) atoms. The molecule has 0 atom stereocenters. The third kappa shape index (κ3) is 3.02. The molecule has 4 nitrogen and oxygen atoms in total. The Morgan fingerprint density at radius 2 is 1.81 bits per heavy atom. The molecule has 0 saturated carbocycles. The first-order chi connectivity index (χ1) is 12.7. The highest BCUT2D eigenvalue weighted by Crippen LogP contribution is 2.31. The summed E-state index contributed by atoms with van der Waals surface area (Å²) in [6, 6.07) is 19.2. The maximum absolute atomic E-state index is 12.3. The lowest BCUT2D eigenvalue weighted by molar-refractivity contribution is -0.129. The van der Waals surface area contributed by atoms with Crippen LogP contribution in [0.1, 0.15) is 11.1 Å². The highest BCUT2D eigenvalue weighted by Gasteiger charge is 2.25. The summed E-state index contributed by atoms with van der Waals surface area (Å²) in [5, 5.41) is 2.04. The van der Waals surface area contributed by atoms with Crippen molar-refractivity contribution in [1.29, 1.82) is 0 Å². The number of nitrogens with zero attached hydrogens (tertiary/aromatic N) is 1. The summed E-state index contributed by atoms with van der Waals surface area (Å²) in [6.45, 7) is 0. The second kappa shape index (κ2) is 6.77. The van der Waals surface area contributed by atoms with Crippen LogP contribution >= 0.6 is 15.9 Å². The zero-order valence-electron chi connectivity index (χ0n) is 13.9. The molecule has 0 spiro atoms. The number of carbonyl (C=O) groups is 1. The lowest BCUT2D eigenvalue weighted by Gasteiger charge is -2.08. The number of esters is 1. The predicted molar refractivity (Wildman–Crippen MR) is 105 cm³/mol. The topological polar surface area (TPSA) is 47.9 Å². The van der Waals surface area contributed by atoms with E-state index in [0.29, 0.717) is 11.6 Å². The Hall–Kier alpha value is -2.92. The standard InChI is InChI=1S/C21H14BrNO3/c1-25-19-11-8-13-4-2-3-5-16(13)17(19)12-18-21(24)26-20(23-18)14-6-9-15(22)10-7-14/h2-12H,1H3/b18-12+. The zero-order valence-corrected chi connectivity index (χ0v) is 15.5. The Labute approximate surface area is 158 Å². The van der Waals surface area contributed by atoms with Gasteiger partial charge in [-0.2, -0.15) is 0 Å². The lowest BCUT2D eigenvalue weighted by Crippen LogP contribution is -2.05. The van der Waals surface area contributed by atoms with Gasteiger partial charge in [-0.15, -0.1) is 0 Å². The largest absolute Gasteiger partial charge is 0.496 e. The zero-order chi connectivity index (χ0) is 18.1. The molecule has 0 unspecified atom stereocenters. The maximum atomic E-state index is 12.3. The number of ether oxygens (including phenoxy) is 2. The fourth-order valence-electron chi connectivity index (χ4n) is 2.86. The van der Waals surface area contributed by atoms with Crippen LogP contribution in [0.5, 0.6) is 5.75 Å². The van der Waals surface area contributed by atoms with Crippen LogP contribution in [0.15, 0.2) is 75.8 Å². The van der Waals surface area contributed by atoms with Crippen molar-refractivity contribution in [3.8, 4) is 5.75 Å². The van der Waals surface area contributed by atoms with Gasteiger partial charge in [0, 0.05) is 15.6 Å². The Morgan fingerprint density at radius 1 is 1.04 bits per heavy atom. The van der Waals surface area contributed by atoms with Crippen LogP contribution in [0.3, 0.4) is 0 Å². The summed E-state index contributed by atoms with van der Waals surface area (Å²) >= 11 is 3.39. The van der Waals surface area contributed by atoms with Crippen LogP contribution in [-0.4, -0.2) is 19.0 Å². The minimum Gasteiger partial charge on any atom is -0.496 e. The summed E-state index contributed by atoms with van der Waals surface area (Å²) < 4.78 is 11.8. The normalized spacial score (nSPS) is 15.2. The Balaban J connectivity index is 1.82. The molecule has 0 aliphatic carbocycles. The molecular formula is C21H14BrNO3. The highest BCUT2D eigenvalue weighted by molar-refractivity contribution is 9.10. The molecule has 1 aliphatic rings. The van der Waals surface area contributed by atoms with Crippen LogP contribution in [0.2, 0.25) is 0 Å². The maximum Gasteiger partial charge on any atom is 0.363 e. The summed E-state index contributed by atoms with van der Waals surface area (Å²) in [5.74, 6) is 0.502. The molecule has 4 rings (SSSR count). The van der Waals surface area contributed by atoms with Crippen molar-refractivity contribution in [2.24, 2.45) is 4.99 Å². The van der Waals surface area contributed by atoms with E-state index in [1.807, 2.05) is 60.7 Å². The molecule has 0 amide bonds. The number of hydrogen-bond donors (Lipinski definition) is 0. The van der Waals surface area contributed by atoms with E-state index < -0.39 is 5.97 Å². The van der Waals surface area contributed by atoms with Crippen molar-refractivity contribution in [2.75, 3.05) is 7.11 Å². The smallest absolute Gasteiger partial charge is 0.363 e. The molecule has 0 fully saturated rings. The predicted octanol–water partition coefficient (Wildman–Crippen LogP) is 4.96. The number of rotatable bonds is 3. The van der Waals surface area contributed by atoms with Crippen molar-refractivity contribution < 1.29 is 14.3 Å². The molecule has 1 heterocycles. The van der Waals surface area contributed by atoms with Crippen LogP contribution in [0.4, 0.5) is 0 Å². The Bertz CT molecular complexity index is 1070. The Morgan fingerprint density at radius 3 is 2.58 bits per heavy atom. The molecule has 3 aromatic rings. The minimum atomic E-state index is -0.474. The summed E-state index contributed by atoms with van der Waals surface area (Å²) in [5.41, 5.74) is 1.80. The van der Waals surface area contributed by atoms with E-state index in [1.165, 1.54) is 0 Å². The van der Waals surface area contributed by atoms with E-state index in [9.17, 15) is 4.79 Å². The molecule has 1 aliphatic heterocycles. The van der Waals surface area contributed by atoms with E-state index in [4.69, 9.17) is 9.47 Å². The number of methoxy groups -OCH3 is 1. The molecular weight excluding hydrogens is 394 g/mol. The lowest BCUT2D eigenvalue weighted by atomic mass is 10.0. The van der Waals surface area contributed by atoms with Gasteiger partial charge in [-0.3, -0.25) is 0 Å². The van der Waals surface area contributed by atoms with E-state index in [2.05, 4.69) is 20.9 Å². The van der Waals surface area contributed by atoms with Crippen LogP contribution in [0, 0.1) is 0 Å². The number of aliphatic imine (C=N–C) groups is 1. The van der Waals surface area contributed by atoms with Crippen LogP contribution in [-0.2, 0) is 9.53 Å². The van der Waals surface area contributed by atoms with E-state index >= 15 is 0 Å². The van der Waals surface area contributed by atoms with Crippen molar-refractivity contribution in [1.82, 2.24) is 0 Å². The first-order valence-electron chi connectivity index (χ1n) is 8.00. The average molecular weight is 408 g/mol. The third-order valence-corrected chi connectivity index (χ3v) is 4.67. The van der Waals surface area contributed by atoms with Gasteiger partial charge in [0.05, 0.1) is 7.11 Å². The van der Waals surface area contributed by atoms with Crippen molar-refractivity contribution in [3.63, 3.8) is 0 Å². The van der Waals surface area contributed by atoms with Gasteiger partial charge in [-0.25, -0.2) is 9.79 Å². The Kier molecular flexibility index (Phi) is 4.31. The number of halogens is 1. The molecule has 0 bridgehead atoms. The molecule has 0 saturated heterocycles. The van der Waals surface area contributed by atoms with Crippen molar-refractivity contribution in [2.45, 2.75) is 0 Å². The molecule has 128 valence electrons. The summed E-state index contributed by atoms with van der Waals surface area (Å²) in [4.78, 5) is 16.7. The molecule has 0 N–H and O–H groups in total. The number of cyclic esters (lactones) is 1.